The second kappa shape index (κ2) is 7.37. The molecule has 0 saturated carbocycles. The van der Waals surface area contributed by atoms with E-state index in [1.165, 1.54) is 37.6 Å². The maximum Gasteiger partial charge on any atom is 0.269 e. The first-order valence-electron chi connectivity index (χ1n) is 6.81. The van der Waals surface area contributed by atoms with Crippen molar-refractivity contribution in [1.29, 1.82) is 0 Å². The third-order valence-corrected chi connectivity index (χ3v) is 3.25. The smallest absolute Gasteiger partial charge is 0.269 e. The van der Waals surface area contributed by atoms with Crippen LogP contribution in [0.5, 0.6) is 11.5 Å². The first kappa shape index (κ1) is 16.4. The molecular formula is C16H16N2O5. The Labute approximate surface area is 132 Å². The van der Waals surface area contributed by atoms with Gasteiger partial charge in [-0.2, -0.15) is 0 Å². The molecule has 0 aliphatic carbocycles. The normalized spacial score (nSPS) is 12.3. The minimum atomic E-state index is -0.889. The van der Waals surface area contributed by atoms with E-state index in [0.717, 1.165) is 0 Å². The molecule has 1 atom stereocenters. The average molecular weight is 316 g/mol. The molecule has 0 aliphatic rings. The third kappa shape index (κ3) is 4.04. The Balaban J connectivity index is 2.03. The van der Waals surface area contributed by atoms with E-state index in [1.807, 2.05) is 0 Å². The molecule has 0 saturated heterocycles. The van der Waals surface area contributed by atoms with Crippen molar-refractivity contribution in [3.05, 3.63) is 63.7 Å². The van der Waals surface area contributed by atoms with E-state index >= 15 is 0 Å². The zero-order valence-corrected chi connectivity index (χ0v) is 12.4. The van der Waals surface area contributed by atoms with Gasteiger partial charge in [-0.25, -0.2) is 0 Å². The topological polar surface area (TPSA) is 105 Å². The highest BCUT2D eigenvalue weighted by Gasteiger charge is 2.10. The number of para-hydroxylation sites is 1. The van der Waals surface area contributed by atoms with Crippen molar-refractivity contribution in [1.82, 2.24) is 0 Å². The third-order valence-electron chi connectivity index (χ3n) is 3.25. The number of hydrogen-bond donors (Lipinski definition) is 2. The summed E-state index contributed by atoms with van der Waals surface area (Å²) in [5.41, 5.74) is 0.966. The summed E-state index contributed by atoms with van der Waals surface area (Å²) in [6.45, 7) is 0.0639. The number of methoxy groups -OCH3 is 1. The number of nitro benzene ring substituents is 1. The Bertz CT molecular complexity index is 713. The van der Waals surface area contributed by atoms with Gasteiger partial charge in [0.15, 0.2) is 11.5 Å². The number of rotatable bonds is 6. The fraction of sp³-hybridized carbons (Fsp3) is 0.188. The summed E-state index contributed by atoms with van der Waals surface area (Å²) >= 11 is 0. The Morgan fingerprint density at radius 3 is 2.61 bits per heavy atom. The van der Waals surface area contributed by atoms with Crippen molar-refractivity contribution in [2.24, 2.45) is 4.99 Å². The fourth-order valence-electron chi connectivity index (χ4n) is 1.98. The van der Waals surface area contributed by atoms with Crippen LogP contribution in [-0.4, -0.2) is 35.0 Å². The zero-order chi connectivity index (χ0) is 16.8. The van der Waals surface area contributed by atoms with Gasteiger partial charge in [0.25, 0.3) is 5.69 Å². The quantitative estimate of drug-likeness (QED) is 0.484. The molecule has 7 heteroatoms. The molecule has 0 amide bonds. The summed E-state index contributed by atoms with van der Waals surface area (Å²) in [4.78, 5) is 14.2. The number of ether oxygens (including phenoxy) is 1. The van der Waals surface area contributed by atoms with Crippen LogP contribution in [-0.2, 0) is 0 Å². The monoisotopic (exact) mass is 316 g/mol. The van der Waals surface area contributed by atoms with Crippen LogP contribution in [0.1, 0.15) is 17.2 Å². The minimum Gasteiger partial charge on any atom is -0.504 e. The number of aliphatic imine (C=N–C) groups is 1. The van der Waals surface area contributed by atoms with Crippen molar-refractivity contribution < 1.29 is 19.9 Å². The fourth-order valence-corrected chi connectivity index (χ4v) is 1.98. The van der Waals surface area contributed by atoms with Gasteiger partial charge in [0.05, 0.1) is 24.7 Å². The van der Waals surface area contributed by atoms with Crippen LogP contribution >= 0.6 is 0 Å². The van der Waals surface area contributed by atoms with Gasteiger partial charge in [0.2, 0.25) is 0 Å². The average Bonchev–Trinajstić information content (AvgIpc) is 2.56. The summed E-state index contributed by atoms with van der Waals surface area (Å²) in [5.74, 6) is 0.313. The summed E-state index contributed by atoms with van der Waals surface area (Å²) in [6, 6.07) is 10.6. The van der Waals surface area contributed by atoms with Crippen molar-refractivity contribution in [3.63, 3.8) is 0 Å². The molecular weight excluding hydrogens is 300 g/mol. The highest BCUT2D eigenvalue weighted by Crippen LogP contribution is 2.28. The standard InChI is InChI=1S/C16H16N2O5/c1-23-15-4-2-3-12(16(15)20)9-17-10-14(19)11-5-7-13(8-6-11)18(21)22/h2-9,14,19-20H,10H2,1H3/t14-/m1/s1. The van der Waals surface area contributed by atoms with Gasteiger partial charge in [0, 0.05) is 23.9 Å². The van der Waals surface area contributed by atoms with Crippen LogP contribution in [0.25, 0.3) is 0 Å². The lowest BCUT2D eigenvalue weighted by Gasteiger charge is -2.08. The Kier molecular flexibility index (Phi) is 5.27. The zero-order valence-electron chi connectivity index (χ0n) is 12.4. The van der Waals surface area contributed by atoms with Crippen LogP contribution in [0, 0.1) is 10.1 Å². The first-order valence-corrected chi connectivity index (χ1v) is 6.81. The SMILES string of the molecule is COc1cccc(C=NC[C@@H](O)c2ccc([N+](=O)[O-])cc2)c1O. The summed E-state index contributed by atoms with van der Waals surface area (Å²) in [6.07, 6.45) is 0.548. The predicted octanol–water partition coefficient (Wildman–Crippen LogP) is 2.46. The molecule has 2 aromatic carbocycles. The van der Waals surface area contributed by atoms with Crippen molar-refractivity contribution in [3.8, 4) is 11.5 Å². The number of nitrogens with zero attached hydrogens (tertiary/aromatic N) is 2. The van der Waals surface area contributed by atoms with E-state index < -0.39 is 11.0 Å². The molecule has 0 bridgehead atoms. The molecule has 2 aromatic rings. The van der Waals surface area contributed by atoms with Gasteiger partial charge in [0.1, 0.15) is 0 Å². The molecule has 0 fully saturated rings. The maximum absolute atomic E-state index is 10.6. The lowest BCUT2D eigenvalue weighted by molar-refractivity contribution is -0.384. The first-order chi connectivity index (χ1) is 11.0. The highest BCUT2D eigenvalue weighted by atomic mass is 16.6. The lowest BCUT2D eigenvalue weighted by atomic mass is 10.1. The largest absolute Gasteiger partial charge is 0.504 e. The van der Waals surface area contributed by atoms with E-state index in [9.17, 15) is 20.3 Å². The number of aromatic hydroxyl groups is 1. The van der Waals surface area contributed by atoms with Crippen molar-refractivity contribution in [2.45, 2.75) is 6.10 Å². The Hall–Kier alpha value is -2.93. The number of benzene rings is 2. The van der Waals surface area contributed by atoms with E-state index in [1.54, 1.807) is 18.2 Å². The van der Waals surface area contributed by atoms with E-state index in [2.05, 4.69) is 4.99 Å². The number of phenols is 1. The minimum absolute atomic E-state index is 0.0245. The molecule has 0 radical (unpaired) electrons. The number of aliphatic hydroxyl groups is 1. The molecule has 0 aliphatic heterocycles. The van der Waals surface area contributed by atoms with E-state index in [4.69, 9.17) is 4.74 Å². The Morgan fingerprint density at radius 2 is 2.00 bits per heavy atom. The summed E-state index contributed by atoms with van der Waals surface area (Å²) < 4.78 is 5.00. The van der Waals surface area contributed by atoms with Crippen LogP contribution in [0.3, 0.4) is 0 Å². The molecule has 0 aromatic heterocycles. The van der Waals surface area contributed by atoms with Crippen LogP contribution in [0.15, 0.2) is 47.5 Å². The van der Waals surface area contributed by atoms with Crippen molar-refractivity contribution in [2.75, 3.05) is 13.7 Å². The molecule has 0 heterocycles. The highest BCUT2D eigenvalue weighted by molar-refractivity contribution is 5.84. The van der Waals surface area contributed by atoms with E-state index in [-0.39, 0.29) is 18.0 Å². The van der Waals surface area contributed by atoms with Crippen LogP contribution in [0.2, 0.25) is 0 Å². The molecule has 0 spiro atoms. The summed E-state index contributed by atoms with van der Waals surface area (Å²) in [5, 5.41) is 30.5. The molecule has 2 N–H and O–H groups in total. The second-order valence-corrected chi connectivity index (χ2v) is 4.76. The van der Waals surface area contributed by atoms with Gasteiger partial charge in [-0.05, 0) is 29.8 Å². The van der Waals surface area contributed by atoms with Gasteiger partial charge in [-0.1, -0.05) is 6.07 Å². The molecule has 23 heavy (non-hydrogen) atoms. The van der Waals surface area contributed by atoms with Gasteiger partial charge < -0.3 is 14.9 Å². The second-order valence-electron chi connectivity index (χ2n) is 4.76. The summed E-state index contributed by atoms with van der Waals surface area (Å²) in [7, 11) is 1.45. The van der Waals surface area contributed by atoms with Gasteiger partial charge in [-0.15, -0.1) is 0 Å². The molecule has 0 unspecified atom stereocenters. The van der Waals surface area contributed by atoms with Crippen LogP contribution < -0.4 is 4.74 Å². The van der Waals surface area contributed by atoms with Gasteiger partial charge in [-0.3, -0.25) is 15.1 Å². The van der Waals surface area contributed by atoms with Gasteiger partial charge >= 0.3 is 0 Å². The number of non-ortho nitro benzene ring substituents is 1. The Morgan fingerprint density at radius 1 is 1.30 bits per heavy atom. The number of phenolic OH excluding ortho intramolecular Hbond substituents is 1. The molecule has 120 valence electrons. The maximum atomic E-state index is 10.6. The number of nitro groups is 1. The predicted molar refractivity (Wildman–Crippen MR) is 85.2 cm³/mol. The van der Waals surface area contributed by atoms with Crippen LogP contribution in [0.4, 0.5) is 5.69 Å². The lowest BCUT2D eigenvalue weighted by Crippen LogP contribution is -2.02. The van der Waals surface area contributed by atoms with Crippen molar-refractivity contribution >= 4 is 11.9 Å². The molecule has 7 nitrogen and oxygen atoms in total. The van der Waals surface area contributed by atoms with E-state index in [0.29, 0.717) is 16.9 Å². The molecule has 2 rings (SSSR count). The number of hydrogen-bond acceptors (Lipinski definition) is 6. The number of aliphatic hydroxyl groups excluding tert-OH is 1.